The molecule has 2 aromatic heterocycles. The number of nitrogens with two attached hydrogens (primary N) is 1. The Bertz CT molecular complexity index is 1160. The summed E-state index contributed by atoms with van der Waals surface area (Å²) in [6, 6.07) is 13.8. The number of hydrogen-bond donors (Lipinski definition) is 3. The number of carbonyl (C=O) groups excluding carboxylic acids is 1. The fraction of sp³-hybridized carbons (Fsp3) is 0.158. The van der Waals surface area contributed by atoms with E-state index in [1.807, 2.05) is 48.5 Å². The molecule has 0 spiro atoms. The zero-order chi connectivity index (χ0) is 19.7. The van der Waals surface area contributed by atoms with Gasteiger partial charge in [-0.2, -0.15) is 4.52 Å². The smallest absolute Gasteiger partial charge is 0.242 e. The summed E-state index contributed by atoms with van der Waals surface area (Å²) in [7, 11) is 1.60. The van der Waals surface area contributed by atoms with Gasteiger partial charge in [0.25, 0.3) is 0 Å². The van der Waals surface area contributed by atoms with E-state index in [1.165, 1.54) is 4.52 Å². The highest BCUT2D eigenvalue weighted by Gasteiger charge is 2.19. The SMILES string of the molecule is COc1ccc(-c2nc3c4ccccc4nc(N[C@H](CO)C(N)=O)n3n2)cc1. The molecule has 0 aliphatic rings. The average molecular weight is 378 g/mol. The van der Waals surface area contributed by atoms with Crippen LogP contribution < -0.4 is 15.8 Å². The lowest BCUT2D eigenvalue weighted by Gasteiger charge is -2.14. The van der Waals surface area contributed by atoms with Gasteiger partial charge in [-0.1, -0.05) is 12.1 Å². The van der Waals surface area contributed by atoms with Crippen molar-refractivity contribution in [3.05, 3.63) is 48.5 Å². The molecule has 9 heteroatoms. The number of aliphatic hydroxyl groups excluding tert-OH is 1. The molecule has 28 heavy (non-hydrogen) atoms. The van der Waals surface area contributed by atoms with E-state index in [9.17, 15) is 9.90 Å². The van der Waals surface area contributed by atoms with Crippen LogP contribution in [0.2, 0.25) is 0 Å². The third-order valence-corrected chi connectivity index (χ3v) is 4.36. The van der Waals surface area contributed by atoms with E-state index in [4.69, 9.17) is 10.5 Å². The van der Waals surface area contributed by atoms with Crippen LogP contribution >= 0.6 is 0 Å². The van der Waals surface area contributed by atoms with E-state index in [0.717, 1.165) is 16.7 Å². The minimum absolute atomic E-state index is 0.263. The molecule has 9 nitrogen and oxygen atoms in total. The van der Waals surface area contributed by atoms with Gasteiger partial charge in [-0.3, -0.25) is 4.79 Å². The lowest BCUT2D eigenvalue weighted by Crippen LogP contribution is -2.39. The van der Waals surface area contributed by atoms with E-state index in [2.05, 4.69) is 20.4 Å². The van der Waals surface area contributed by atoms with Crippen LogP contribution in [0.1, 0.15) is 0 Å². The van der Waals surface area contributed by atoms with Crippen LogP contribution in [0.4, 0.5) is 5.95 Å². The lowest BCUT2D eigenvalue weighted by atomic mass is 10.2. The number of aliphatic hydroxyl groups is 1. The van der Waals surface area contributed by atoms with Crippen molar-refractivity contribution in [2.75, 3.05) is 19.0 Å². The van der Waals surface area contributed by atoms with Gasteiger partial charge >= 0.3 is 0 Å². The number of aromatic nitrogens is 4. The molecule has 4 N–H and O–H groups in total. The first-order chi connectivity index (χ1) is 13.6. The van der Waals surface area contributed by atoms with Crippen LogP contribution in [-0.2, 0) is 4.79 Å². The highest BCUT2D eigenvalue weighted by atomic mass is 16.5. The Labute approximate surface area is 159 Å². The van der Waals surface area contributed by atoms with Gasteiger partial charge in [-0.15, -0.1) is 5.10 Å². The van der Waals surface area contributed by atoms with Crippen LogP contribution in [-0.4, -0.2) is 50.4 Å². The van der Waals surface area contributed by atoms with Gasteiger partial charge in [-0.05, 0) is 36.4 Å². The van der Waals surface area contributed by atoms with Crippen LogP contribution in [0.15, 0.2) is 48.5 Å². The molecule has 0 aliphatic heterocycles. The second-order valence-corrected chi connectivity index (χ2v) is 6.13. The number of nitrogens with one attached hydrogen (secondary N) is 1. The number of benzene rings is 2. The van der Waals surface area contributed by atoms with Crippen LogP contribution in [0.25, 0.3) is 27.9 Å². The minimum atomic E-state index is -0.995. The summed E-state index contributed by atoms with van der Waals surface area (Å²) < 4.78 is 6.69. The average Bonchev–Trinajstić information content (AvgIpc) is 3.17. The number of nitrogens with zero attached hydrogens (tertiary/aromatic N) is 4. The van der Waals surface area contributed by atoms with E-state index in [0.29, 0.717) is 17.0 Å². The highest BCUT2D eigenvalue weighted by molar-refractivity contribution is 5.93. The molecular formula is C19H18N6O3. The van der Waals surface area contributed by atoms with E-state index in [1.54, 1.807) is 7.11 Å². The number of primary amides is 1. The molecule has 142 valence electrons. The second kappa shape index (κ2) is 7.12. The van der Waals surface area contributed by atoms with Crippen molar-refractivity contribution in [3.63, 3.8) is 0 Å². The highest BCUT2D eigenvalue weighted by Crippen LogP contribution is 2.25. The summed E-state index contributed by atoms with van der Waals surface area (Å²) in [5.41, 5.74) is 7.37. The van der Waals surface area contributed by atoms with Gasteiger partial charge in [0.1, 0.15) is 11.8 Å². The molecular weight excluding hydrogens is 360 g/mol. The van der Waals surface area contributed by atoms with E-state index < -0.39 is 18.6 Å². The maximum atomic E-state index is 11.5. The van der Waals surface area contributed by atoms with Gasteiger partial charge in [0.15, 0.2) is 11.5 Å². The predicted molar refractivity (Wildman–Crippen MR) is 104 cm³/mol. The van der Waals surface area contributed by atoms with Crippen molar-refractivity contribution in [2.24, 2.45) is 5.73 Å². The molecule has 2 aromatic carbocycles. The second-order valence-electron chi connectivity index (χ2n) is 6.13. The summed E-state index contributed by atoms with van der Waals surface area (Å²) in [6.07, 6.45) is 0. The Kier molecular flexibility index (Phi) is 4.50. The van der Waals surface area contributed by atoms with Crippen LogP contribution in [0.5, 0.6) is 5.75 Å². The predicted octanol–water partition coefficient (Wildman–Crippen LogP) is 1.21. The monoisotopic (exact) mass is 378 g/mol. The topological polar surface area (TPSA) is 128 Å². The molecule has 1 atom stereocenters. The normalized spacial score (nSPS) is 12.2. The third kappa shape index (κ3) is 3.08. The molecule has 0 fully saturated rings. The number of ether oxygens (including phenoxy) is 1. The van der Waals surface area contributed by atoms with Gasteiger partial charge in [0.2, 0.25) is 11.9 Å². The third-order valence-electron chi connectivity index (χ3n) is 4.36. The molecule has 0 radical (unpaired) electrons. The van der Waals surface area contributed by atoms with Gasteiger partial charge in [0.05, 0.1) is 19.2 Å². The fourth-order valence-corrected chi connectivity index (χ4v) is 2.87. The van der Waals surface area contributed by atoms with Crippen molar-refractivity contribution >= 4 is 28.4 Å². The summed E-state index contributed by atoms with van der Waals surface area (Å²) in [5, 5.41) is 17.6. The molecule has 0 aliphatic carbocycles. The first-order valence-corrected chi connectivity index (χ1v) is 8.57. The number of carbonyl (C=O) groups is 1. The van der Waals surface area contributed by atoms with Gasteiger partial charge in [0, 0.05) is 10.9 Å². The summed E-state index contributed by atoms with van der Waals surface area (Å²) >= 11 is 0. The van der Waals surface area contributed by atoms with Crippen molar-refractivity contribution in [1.82, 2.24) is 19.6 Å². The van der Waals surface area contributed by atoms with Gasteiger partial charge < -0.3 is 20.9 Å². The summed E-state index contributed by atoms with van der Waals surface area (Å²) in [5.74, 6) is 0.789. The van der Waals surface area contributed by atoms with E-state index in [-0.39, 0.29) is 5.95 Å². The number of hydrogen-bond acceptors (Lipinski definition) is 7. The molecule has 0 saturated carbocycles. The molecule has 0 bridgehead atoms. The quantitative estimate of drug-likeness (QED) is 0.460. The van der Waals surface area contributed by atoms with Crippen LogP contribution in [0.3, 0.4) is 0 Å². The molecule has 1 amide bonds. The Hall–Kier alpha value is -3.72. The molecule has 4 aromatic rings. The zero-order valence-corrected chi connectivity index (χ0v) is 15.0. The Morgan fingerprint density at radius 3 is 2.64 bits per heavy atom. The number of para-hydroxylation sites is 1. The summed E-state index contributed by atoms with van der Waals surface area (Å²) in [4.78, 5) is 20.7. The fourth-order valence-electron chi connectivity index (χ4n) is 2.87. The van der Waals surface area contributed by atoms with Crippen molar-refractivity contribution in [2.45, 2.75) is 6.04 Å². The number of anilines is 1. The number of amides is 1. The molecule has 4 rings (SSSR count). The Morgan fingerprint density at radius 2 is 1.96 bits per heavy atom. The Morgan fingerprint density at radius 1 is 1.21 bits per heavy atom. The Balaban J connectivity index is 1.90. The number of methoxy groups -OCH3 is 1. The maximum Gasteiger partial charge on any atom is 0.242 e. The number of fused-ring (bicyclic) bond motifs is 3. The first-order valence-electron chi connectivity index (χ1n) is 8.57. The molecule has 2 heterocycles. The summed E-state index contributed by atoms with van der Waals surface area (Å²) in [6.45, 7) is -0.467. The van der Waals surface area contributed by atoms with Crippen LogP contribution in [0, 0.1) is 0 Å². The lowest BCUT2D eigenvalue weighted by molar-refractivity contribution is -0.119. The van der Waals surface area contributed by atoms with E-state index >= 15 is 0 Å². The molecule has 0 unspecified atom stereocenters. The van der Waals surface area contributed by atoms with Crippen molar-refractivity contribution in [1.29, 1.82) is 0 Å². The standard InChI is InChI=1S/C19H18N6O3/c1-28-12-8-6-11(7-9-12)17-23-18-13-4-2-3-5-14(13)21-19(25(18)24-17)22-15(10-26)16(20)27/h2-9,15,26H,10H2,1H3,(H2,20,27)(H,21,22)/t15-/m1/s1. The number of rotatable bonds is 6. The first kappa shape index (κ1) is 17.7. The zero-order valence-electron chi connectivity index (χ0n) is 15.0. The van der Waals surface area contributed by atoms with Crippen molar-refractivity contribution in [3.8, 4) is 17.1 Å². The largest absolute Gasteiger partial charge is 0.497 e. The van der Waals surface area contributed by atoms with Crippen molar-refractivity contribution < 1.29 is 14.6 Å². The minimum Gasteiger partial charge on any atom is -0.497 e. The molecule has 0 saturated heterocycles. The maximum absolute atomic E-state index is 11.5. The van der Waals surface area contributed by atoms with Gasteiger partial charge in [-0.25, -0.2) is 9.97 Å².